The Bertz CT molecular complexity index is 469. The fourth-order valence-electron chi connectivity index (χ4n) is 1.97. The monoisotopic (exact) mass is 284 g/mol. The molecule has 1 amide bonds. The summed E-state index contributed by atoms with van der Waals surface area (Å²) in [6, 6.07) is 3.43. The molecular formula is C15H22F2N2O. The highest BCUT2D eigenvalue weighted by Crippen LogP contribution is 2.21. The highest BCUT2D eigenvalue weighted by Gasteiger charge is 2.25. The van der Waals surface area contributed by atoms with Gasteiger partial charge in [-0.1, -0.05) is 26.8 Å². The lowest BCUT2D eigenvalue weighted by molar-refractivity contribution is -0.121. The highest BCUT2D eigenvalue weighted by atomic mass is 19.2. The van der Waals surface area contributed by atoms with Gasteiger partial charge in [0.25, 0.3) is 0 Å². The first-order valence-electron chi connectivity index (χ1n) is 6.67. The van der Waals surface area contributed by atoms with Crippen molar-refractivity contribution < 1.29 is 13.6 Å². The SMILES string of the molecule is CC(C)(C)C(CCN)NC(=O)Cc1ccc(F)c(F)c1. The molecule has 1 aromatic carbocycles. The summed E-state index contributed by atoms with van der Waals surface area (Å²) in [5.41, 5.74) is 5.89. The van der Waals surface area contributed by atoms with E-state index in [2.05, 4.69) is 5.32 Å². The maximum absolute atomic E-state index is 13.1. The lowest BCUT2D eigenvalue weighted by Crippen LogP contribution is -2.45. The molecule has 1 unspecified atom stereocenters. The molecular weight excluding hydrogens is 262 g/mol. The van der Waals surface area contributed by atoms with Crippen LogP contribution in [0, 0.1) is 17.0 Å². The summed E-state index contributed by atoms with van der Waals surface area (Å²) in [5.74, 6) is -2.07. The second-order valence-corrected chi connectivity index (χ2v) is 5.99. The molecule has 0 aromatic heterocycles. The molecule has 0 aliphatic heterocycles. The van der Waals surface area contributed by atoms with Crippen molar-refractivity contribution in [1.82, 2.24) is 5.32 Å². The summed E-state index contributed by atoms with van der Waals surface area (Å²) in [6.07, 6.45) is 0.696. The van der Waals surface area contributed by atoms with E-state index in [1.165, 1.54) is 6.07 Å². The Morgan fingerprint density at radius 3 is 2.45 bits per heavy atom. The third-order valence-electron chi connectivity index (χ3n) is 3.18. The number of nitrogens with two attached hydrogens (primary N) is 1. The summed E-state index contributed by atoms with van der Waals surface area (Å²) in [5, 5.41) is 2.91. The standard InChI is InChI=1S/C15H22F2N2O/c1-15(2,3)13(6-7-18)19-14(20)9-10-4-5-11(16)12(17)8-10/h4-5,8,13H,6-7,9,18H2,1-3H3,(H,19,20). The van der Waals surface area contributed by atoms with Crippen LogP contribution in [-0.4, -0.2) is 18.5 Å². The van der Waals surface area contributed by atoms with Crippen LogP contribution < -0.4 is 11.1 Å². The van der Waals surface area contributed by atoms with Crippen molar-refractivity contribution in [2.75, 3.05) is 6.54 Å². The van der Waals surface area contributed by atoms with Crippen LogP contribution in [-0.2, 0) is 11.2 Å². The maximum Gasteiger partial charge on any atom is 0.224 e. The quantitative estimate of drug-likeness (QED) is 0.872. The molecule has 0 aliphatic carbocycles. The molecule has 0 spiro atoms. The van der Waals surface area contributed by atoms with Crippen molar-refractivity contribution in [2.24, 2.45) is 11.1 Å². The van der Waals surface area contributed by atoms with Gasteiger partial charge >= 0.3 is 0 Å². The number of hydrogen-bond acceptors (Lipinski definition) is 2. The van der Waals surface area contributed by atoms with Gasteiger partial charge in [-0.2, -0.15) is 0 Å². The van der Waals surface area contributed by atoms with E-state index in [4.69, 9.17) is 5.73 Å². The molecule has 0 radical (unpaired) electrons. The number of hydrogen-bond donors (Lipinski definition) is 2. The van der Waals surface area contributed by atoms with Gasteiger partial charge in [0.1, 0.15) is 0 Å². The van der Waals surface area contributed by atoms with Gasteiger partial charge in [0.05, 0.1) is 6.42 Å². The number of carbonyl (C=O) groups is 1. The van der Waals surface area contributed by atoms with Gasteiger partial charge in [-0.05, 0) is 36.1 Å². The van der Waals surface area contributed by atoms with E-state index >= 15 is 0 Å². The van der Waals surface area contributed by atoms with Gasteiger partial charge in [0.2, 0.25) is 5.91 Å². The molecule has 0 aliphatic rings. The van der Waals surface area contributed by atoms with Crippen molar-refractivity contribution in [3.63, 3.8) is 0 Å². The Morgan fingerprint density at radius 1 is 1.30 bits per heavy atom. The molecule has 1 atom stereocenters. The summed E-state index contributed by atoms with van der Waals surface area (Å²) in [4.78, 5) is 12.0. The summed E-state index contributed by atoms with van der Waals surface area (Å²) in [6.45, 7) is 6.54. The van der Waals surface area contributed by atoms with Crippen LogP contribution in [0.2, 0.25) is 0 Å². The first-order chi connectivity index (χ1) is 9.24. The molecule has 1 rings (SSSR count). The van der Waals surface area contributed by atoms with Crippen LogP contribution in [0.1, 0.15) is 32.8 Å². The van der Waals surface area contributed by atoms with Crippen molar-refractivity contribution >= 4 is 5.91 Å². The molecule has 0 saturated heterocycles. The molecule has 3 nitrogen and oxygen atoms in total. The van der Waals surface area contributed by atoms with Crippen LogP contribution >= 0.6 is 0 Å². The zero-order chi connectivity index (χ0) is 15.3. The smallest absolute Gasteiger partial charge is 0.224 e. The number of halogens is 2. The maximum atomic E-state index is 13.1. The topological polar surface area (TPSA) is 55.1 Å². The largest absolute Gasteiger partial charge is 0.353 e. The minimum atomic E-state index is -0.940. The Morgan fingerprint density at radius 2 is 1.95 bits per heavy atom. The molecule has 0 saturated carbocycles. The van der Waals surface area contributed by atoms with Crippen LogP contribution in [0.15, 0.2) is 18.2 Å². The zero-order valence-electron chi connectivity index (χ0n) is 12.2. The summed E-state index contributed by atoms with van der Waals surface area (Å²) < 4.78 is 25.9. The van der Waals surface area contributed by atoms with Gasteiger partial charge in [-0.3, -0.25) is 4.79 Å². The lowest BCUT2D eigenvalue weighted by Gasteiger charge is -2.31. The second-order valence-electron chi connectivity index (χ2n) is 5.99. The van der Waals surface area contributed by atoms with E-state index in [-0.39, 0.29) is 23.8 Å². The van der Waals surface area contributed by atoms with Gasteiger partial charge in [-0.25, -0.2) is 8.78 Å². The van der Waals surface area contributed by atoms with Crippen LogP contribution in [0.25, 0.3) is 0 Å². The first kappa shape index (κ1) is 16.6. The van der Waals surface area contributed by atoms with Crippen LogP contribution in [0.5, 0.6) is 0 Å². The van der Waals surface area contributed by atoms with E-state index < -0.39 is 11.6 Å². The Kier molecular flexibility index (Phi) is 5.62. The minimum absolute atomic E-state index is 0.0222. The normalized spacial score (nSPS) is 13.1. The average molecular weight is 284 g/mol. The van der Waals surface area contributed by atoms with Gasteiger partial charge in [0, 0.05) is 6.04 Å². The van der Waals surface area contributed by atoms with Crippen LogP contribution in [0.4, 0.5) is 8.78 Å². The third-order valence-corrected chi connectivity index (χ3v) is 3.18. The molecule has 20 heavy (non-hydrogen) atoms. The van der Waals surface area contributed by atoms with Crippen molar-refractivity contribution in [3.8, 4) is 0 Å². The predicted octanol–water partition coefficient (Wildman–Crippen LogP) is 2.39. The van der Waals surface area contributed by atoms with Gasteiger partial charge in [-0.15, -0.1) is 0 Å². The number of amides is 1. The molecule has 0 bridgehead atoms. The Balaban J connectivity index is 2.68. The predicted molar refractivity (Wildman–Crippen MR) is 75.1 cm³/mol. The molecule has 5 heteroatoms. The molecule has 1 aromatic rings. The fraction of sp³-hybridized carbons (Fsp3) is 0.533. The van der Waals surface area contributed by atoms with Crippen molar-refractivity contribution in [1.29, 1.82) is 0 Å². The molecule has 0 fully saturated rings. The van der Waals surface area contributed by atoms with E-state index in [9.17, 15) is 13.6 Å². The van der Waals surface area contributed by atoms with E-state index in [1.807, 2.05) is 20.8 Å². The van der Waals surface area contributed by atoms with E-state index in [0.717, 1.165) is 12.1 Å². The Hall–Kier alpha value is -1.49. The summed E-state index contributed by atoms with van der Waals surface area (Å²) >= 11 is 0. The van der Waals surface area contributed by atoms with Gasteiger partial charge in [0.15, 0.2) is 11.6 Å². The Labute approximate surface area is 118 Å². The minimum Gasteiger partial charge on any atom is -0.353 e. The highest BCUT2D eigenvalue weighted by molar-refractivity contribution is 5.78. The number of nitrogens with one attached hydrogen (secondary N) is 1. The average Bonchev–Trinajstić information content (AvgIpc) is 2.32. The second kappa shape index (κ2) is 6.79. The molecule has 3 N–H and O–H groups in total. The molecule has 0 heterocycles. The van der Waals surface area contributed by atoms with E-state index in [0.29, 0.717) is 18.5 Å². The lowest BCUT2D eigenvalue weighted by atomic mass is 9.84. The number of carbonyl (C=O) groups excluding carboxylic acids is 1. The van der Waals surface area contributed by atoms with Crippen molar-refractivity contribution in [3.05, 3.63) is 35.4 Å². The van der Waals surface area contributed by atoms with Crippen LogP contribution in [0.3, 0.4) is 0 Å². The van der Waals surface area contributed by atoms with Gasteiger partial charge < -0.3 is 11.1 Å². The number of benzene rings is 1. The first-order valence-corrected chi connectivity index (χ1v) is 6.67. The summed E-state index contributed by atoms with van der Waals surface area (Å²) in [7, 11) is 0. The van der Waals surface area contributed by atoms with E-state index in [1.54, 1.807) is 0 Å². The zero-order valence-corrected chi connectivity index (χ0v) is 12.2. The van der Waals surface area contributed by atoms with Crippen molar-refractivity contribution in [2.45, 2.75) is 39.7 Å². The third kappa shape index (κ3) is 4.89. The fourth-order valence-corrected chi connectivity index (χ4v) is 1.97. The molecule has 112 valence electrons. The number of rotatable bonds is 5.